The van der Waals surface area contributed by atoms with Crippen LogP contribution >= 0.6 is 11.3 Å². The fourth-order valence-electron chi connectivity index (χ4n) is 4.11. The Balaban J connectivity index is 1.36. The van der Waals surface area contributed by atoms with Gasteiger partial charge in [-0.05, 0) is 43.0 Å². The largest absolute Gasteiger partial charge is 0.397 e. The number of rotatable bonds is 2. The Kier molecular flexibility index (Phi) is 4.01. The molecule has 138 valence electrons. The fraction of sp³-hybridized carbons (Fsp3) is 0.333. The van der Waals surface area contributed by atoms with Crippen molar-refractivity contribution in [2.45, 2.75) is 19.3 Å². The number of benzene rings is 1. The van der Waals surface area contributed by atoms with Crippen molar-refractivity contribution in [2.24, 2.45) is 0 Å². The third kappa shape index (κ3) is 2.84. The molecular formula is C21H22N4OS. The van der Waals surface area contributed by atoms with E-state index < -0.39 is 0 Å². The molecule has 2 aliphatic rings. The van der Waals surface area contributed by atoms with Gasteiger partial charge in [-0.1, -0.05) is 18.2 Å². The van der Waals surface area contributed by atoms with Crippen LogP contribution in [0.15, 0.2) is 36.4 Å². The average Bonchev–Trinajstić information content (AvgIpc) is 3.30. The van der Waals surface area contributed by atoms with Crippen molar-refractivity contribution in [3.63, 3.8) is 0 Å². The number of nitrogen functional groups attached to an aromatic ring is 1. The molecule has 1 aliphatic heterocycles. The molecule has 1 aromatic carbocycles. The number of aromatic nitrogens is 1. The Bertz CT molecular complexity index is 1010. The van der Waals surface area contributed by atoms with Gasteiger partial charge in [0.25, 0.3) is 5.91 Å². The first kappa shape index (κ1) is 16.6. The first-order valence-corrected chi connectivity index (χ1v) is 10.3. The molecule has 1 saturated heterocycles. The third-order valence-corrected chi connectivity index (χ3v) is 6.74. The summed E-state index contributed by atoms with van der Waals surface area (Å²) in [4.78, 5) is 23.7. The van der Waals surface area contributed by atoms with Gasteiger partial charge in [0.2, 0.25) is 0 Å². The molecular weight excluding hydrogens is 356 g/mol. The van der Waals surface area contributed by atoms with Crippen molar-refractivity contribution < 1.29 is 4.79 Å². The second kappa shape index (κ2) is 6.53. The number of fused-ring (bicyclic) bond motifs is 2. The molecule has 0 unspecified atom stereocenters. The van der Waals surface area contributed by atoms with E-state index in [4.69, 9.17) is 10.7 Å². The van der Waals surface area contributed by atoms with Gasteiger partial charge in [0.15, 0.2) is 0 Å². The van der Waals surface area contributed by atoms with Crippen LogP contribution < -0.4 is 10.6 Å². The predicted octanol–water partition coefficient (Wildman–Crippen LogP) is 3.33. The lowest BCUT2D eigenvalue weighted by Gasteiger charge is -2.36. The first-order valence-electron chi connectivity index (χ1n) is 9.51. The number of hydrogen-bond donors (Lipinski definition) is 1. The maximum atomic E-state index is 13.1. The highest BCUT2D eigenvalue weighted by molar-refractivity contribution is 7.21. The Labute approximate surface area is 162 Å². The number of hydrogen-bond acceptors (Lipinski definition) is 5. The number of thiophene rings is 1. The summed E-state index contributed by atoms with van der Waals surface area (Å²) >= 11 is 1.45. The van der Waals surface area contributed by atoms with E-state index in [9.17, 15) is 4.79 Å². The molecule has 0 radical (unpaired) electrons. The van der Waals surface area contributed by atoms with Gasteiger partial charge in [-0.15, -0.1) is 11.3 Å². The van der Waals surface area contributed by atoms with Crippen molar-refractivity contribution in [1.29, 1.82) is 0 Å². The highest BCUT2D eigenvalue weighted by atomic mass is 32.1. The van der Waals surface area contributed by atoms with Gasteiger partial charge in [0.1, 0.15) is 9.71 Å². The lowest BCUT2D eigenvalue weighted by Crippen LogP contribution is -2.48. The van der Waals surface area contributed by atoms with Crippen LogP contribution in [-0.2, 0) is 12.8 Å². The Morgan fingerprint density at radius 3 is 2.63 bits per heavy atom. The number of amides is 1. The van der Waals surface area contributed by atoms with E-state index in [2.05, 4.69) is 35.2 Å². The molecule has 2 aromatic heterocycles. The molecule has 0 atom stereocenters. The summed E-state index contributed by atoms with van der Waals surface area (Å²) in [6.07, 6.45) is 3.27. The van der Waals surface area contributed by atoms with Crippen LogP contribution in [-0.4, -0.2) is 42.0 Å². The van der Waals surface area contributed by atoms with E-state index in [1.807, 2.05) is 11.0 Å². The van der Waals surface area contributed by atoms with Gasteiger partial charge in [-0.2, -0.15) is 0 Å². The molecule has 3 aromatic rings. The molecule has 3 heterocycles. The van der Waals surface area contributed by atoms with E-state index in [0.717, 1.165) is 42.6 Å². The highest BCUT2D eigenvalue weighted by Gasteiger charge is 2.27. The maximum Gasteiger partial charge on any atom is 0.266 e. The van der Waals surface area contributed by atoms with E-state index in [1.165, 1.54) is 28.3 Å². The topological polar surface area (TPSA) is 62.5 Å². The van der Waals surface area contributed by atoms with Crippen molar-refractivity contribution in [2.75, 3.05) is 36.8 Å². The Morgan fingerprint density at radius 2 is 1.85 bits per heavy atom. The zero-order valence-electron chi connectivity index (χ0n) is 15.1. The van der Waals surface area contributed by atoms with Crippen LogP contribution in [0.1, 0.15) is 27.3 Å². The van der Waals surface area contributed by atoms with Crippen LogP contribution in [0.2, 0.25) is 0 Å². The normalized spacial score (nSPS) is 16.7. The van der Waals surface area contributed by atoms with Crippen LogP contribution in [0.3, 0.4) is 0 Å². The molecule has 5 nitrogen and oxygen atoms in total. The van der Waals surface area contributed by atoms with E-state index in [-0.39, 0.29) is 5.91 Å². The van der Waals surface area contributed by atoms with E-state index in [0.29, 0.717) is 23.7 Å². The number of piperazine rings is 1. The maximum absolute atomic E-state index is 13.1. The molecule has 5 rings (SSSR count). The van der Waals surface area contributed by atoms with Crippen molar-refractivity contribution in [3.8, 4) is 0 Å². The number of para-hydroxylation sites is 1. The highest BCUT2D eigenvalue weighted by Crippen LogP contribution is 2.36. The van der Waals surface area contributed by atoms with Crippen LogP contribution in [0, 0.1) is 0 Å². The number of pyridine rings is 1. The third-order valence-electron chi connectivity index (χ3n) is 5.63. The van der Waals surface area contributed by atoms with Gasteiger partial charge >= 0.3 is 0 Å². The molecule has 0 spiro atoms. The summed E-state index contributed by atoms with van der Waals surface area (Å²) in [6, 6.07) is 12.5. The molecule has 0 bridgehead atoms. The second-order valence-corrected chi connectivity index (χ2v) is 8.26. The molecule has 1 amide bonds. The summed E-state index contributed by atoms with van der Waals surface area (Å²) < 4.78 is 0. The number of anilines is 2. The van der Waals surface area contributed by atoms with Gasteiger partial charge in [-0.3, -0.25) is 4.79 Å². The summed E-state index contributed by atoms with van der Waals surface area (Å²) in [5.74, 6) is 0.0448. The SMILES string of the molecule is Nc1c(C(=O)N2CCN(c3ccccc3)CC2)sc2nc3c(cc12)CCC3. The number of aryl methyl sites for hydroxylation is 2. The summed E-state index contributed by atoms with van der Waals surface area (Å²) in [7, 11) is 0. The lowest BCUT2D eigenvalue weighted by molar-refractivity contribution is 0.0752. The van der Waals surface area contributed by atoms with Crippen molar-refractivity contribution in [1.82, 2.24) is 9.88 Å². The lowest BCUT2D eigenvalue weighted by atomic mass is 10.1. The quantitative estimate of drug-likeness (QED) is 0.743. The Morgan fingerprint density at radius 1 is 1.07 bits per heavy atom. The molecule has 27 heavy (non-hydrogen) atoms. The number of nitrogens with two attached hydrogens (primary N) is 1. The zero-order valence-corrected chi connectivity index (χ0v) is 16.0. The first-order chi connectivity index (χ1) is 13.2. The van der Waals surface area contributed by atoms with Crippen molar-refractivity contribution >= 4 is 38.8 Å². The van der Waals surface area contributed by atoms with E-state index in [1.54, 1.807) is 0 Å². The Hall–Kier alpha value is -2.60. The number of nitrogens with zero attached hydrogens (tertiary/aromatic N) is 3. The van der Waals surface area contributed by atoms with Gasteiger partial charge in [0.05, 0.1) is 5.69 Å². The second-order valence-electron chi connectivity index (χ2n) is 7.26. The summed E-state index contributed by atoms with van der Waals surface area (Å²) in [5, 5.41) is 0.951. The molecule has 1 fully saturated rings. The van der Waals surface area contributed by atoms with Gasteiger partial charge in [-0.25, -0.2) is 4.98 Å². The fourth-order valence-corrected chi connectivity index (χ4v) is 5.17. The van der Waals surface area contributed by atoms with E-state index >= 15 is 0 Å². The monoisotopic (exact) mass is 378 g/mol. The molecule has 0 saturated carbocycles. The van der Waals surface area contributed by atoms with Crippen LogP contribution in [0.4, 0.5) is 11.4 Å². The van der Waals surface area contributed by atoms with Crippen molar-refractivity contribution in [3.05, 3.63) is 52.5 Å². The predicted molar refractivity (Wildman–Crippen MR) is 111 cm³/mol. The number of carbonyl (C=O) groups excluding carboxylic acids is 1. The standard InChI is InChI=1S/C21H22N4OS/c22-18-16-13-14-5-4-8-17(14)23-20(16)27-19(18)21(26)25-11-9-24(10-12-25)15-6-2-1-3-7-15/h1-3,6-7,13H,4-5,8-12,22H2. The molecule has 2 N–H and O–H groups in total. The minimum atomic E-state index is 0.0448. The minimum absolute atomic E-state index is 0.0448. The minimum Gasteiger partial charge on any atom is -0.397 e. The van der Waals surface area contributed by atoms with Crippen LogP contribution in [0.25, 0.3) is 10.2 Å². The summed E-state index contributed by atoms with van der Waals surface area (Å²) in [5.41, 5.74) is 10.7. The van der Waals surface area contributed by atoms with Gasteiger partial charge < -0.3 is 15.5 Å². The smallest absolute Gasteiger partial charge is 0.266 e. The number of carbonyl (C=O) groups is 1. The molecule has 1 aliphatic carbocycles. The zero-order chi connectivity index (χ0) is 18.4. The van der Waals surface area contributed by atoms with Gasteiger partial charge in [0, 0.05) is 42.9 Å². The summed E-state index contributed by atoms with van der Waals surface area (Å²) in [6.45, 7) is 3.11. The average molecular weight is 379 g/mol. The molecule has 6 heteroatoms. The van der Waals surface area contributed by atoms with Crippen LogP contribution in [0.5, 0.6) is 0 Å².